The van der Waals surface area contributed by atoms with Crippen LogP contribution in [-0.4, -0.2) is 6.61 Å². The monoisotopic (exact) mass is 486 g/mol. The molecule has 0 aliphatic carbocycles. The van der Waals surface area contributed by atoms with Gasteiger partial charge in [-0.05, 0) is 42.2 Å². The summed E-state index contributed by atoms with van der Waals surface area (Å²) in [7, 11) is 0. The highest BCUT2D eigenvalue weighted by Gasteiger charge is 2.16. The first-order valence-corrected chi connectivity index (χ1v) is 12.2. The SMILES string of the molecule is CCCCCOc1ccc(/C=C/c2ccc(-c3ccc(-c4ccc(C)cc4)c(F)c3F)cc2)c(F)c1. The van der Waals surface area contributed by atoms with E-state index in [1.165, 1.54) is 6.07 Å². The molecule has 0 unspecified atom stereocenters. The summed E-state index contributed by atoms with van der Waals surface area (Å²) in [5.41, 5.74) is 3.93. The normalized spacial score (nSPS) is 11.2. The van der Waals surface area contributed by atoms with E-state index >= 15 is 0 Å². The van der Waals surface area contributed by atoms with Crippen molar-refractivity contribution in [2.45, 2.75) is 33.1 Å². The van der Waals surface area contributed by atoms with Gasteiger partial charge in [-0.1, -0.05) is 98.1 Å². The van der Waals surface area contributed by atoms with E-state index in [1.54, 1.807) is 72.8 Å². The molecule has 0 N–H and O–H groups in total. The minimum absolute atomic E-state index is 0.194. The van der Waals surface area contributed by atoms with Gasteiger partial charge in [0.05, 0.1) is 6.61 Å². The van der Waals surface area contributed by atoms with Gasteiger partial charge in [-0.25, -0.2) is 13.2 Å². The van der Waals surface area contributed by atoms with E-state index in [0.29, 0.717) is 29.0 Å². The lowest BCUT2D eigenvalue weighted by Crippen LogP contribution is -1.97. The first kappa shape index (κ1) is 25.3. The van der Waals surface area contributed by atoms with Gasteiger partial charge in [0.1, 0.15) is 11.6 Å². The highest BCUT2D eigenvalue weighted by molar-refractivity contribution is 5.75. The zero-order valence-corrected chi connectivity index (χ0v) is 20.5. The Bertz CT molecular complexity index is 1340. The lowest BCUT2D eigenvalue weighted by Gasteiger charge is -2.10. The summed E-state index contributed by atoms with van der Waals surface area (Å²) in [5.74, 6) is -1.58. The fourth-order valence-electron chi connectivity index (χ4n) is 3.96. The lowest BCUT2D eigenvalue weighted by atomic mass is 9.97. The predicted octanol–water partition coefficient (Wildman–Crippen LogP) is 9.49. The molecule has 0 fully saturated rings. The van der Waals surface area contributed by atoms with Gasteiger partial charge < -0.3 is 4.74 Å². The average Bonchev–Trinajstić information content (AvgIpc) is 2.89. The second-order valence-corrected chi connectivity index (χ2v) is 8.85. The van der Waals surface area contributed by atoms with Crippen LogP contribution in [0.15, 0.2) is 78.9 Å². The van der Waals surface area contributed by atoms with Crippen molar-refractivity contribution in [3.05, 3.63) is 113 Å². The largest absolute Gasteiger partial charge is 0.493 e. The first-order chi connectivity index (χ1) is 17.5. The van der Waals surface area contributed by atoms with Crippen LogP contribution in [0, 0.1) is 24.4 Å². The third kappa shape index (κ3) is 6.06. The van der Waals surface area contributed by atoms with Crippen LogP contribution in [-0.2, 0) is 0 Å². The van der Waals surface area contributed by atoms with E-state index in [9.17, 15) is 13.2 Å². The summed E-state index contributed by atoms with van der Waals surface area (Å²) in [5, 5.41) is 0. The van der Waals surface area contributed by atoms with E-state index < -0.39 is 11.6 Å². The van der Waals surface area contributed by atoms with Gasteiger partial charge in [-0.15, -0.1) is 0 Å². The first-order valence-electron chi connectivity index (χ1n) is 12.2. The number of halogens is 3. The molecule has 4 aromatic carbocycles. The Kier molecular flexibility index (Phi) is 8.27. The summed E-state index contributed by atoms with van der Waals surface area (Å²) in [6.07, 6.45) is 6.60. The van der Waals surface area contributed by atoms with Gasteiger partial charge in [0, 0.05) is 22.8 Å². The summed E-state index contributed by atoms with van der Waals surface area (Å²) in [6, 6.07) is 22.4. The van der Waals surface area contributed by atoms with E-state index in [1.807, 2.05) is 19.1 Å². The molecular formula is C32H29F3O. The second kappa shape index (κ2) is 11.8. The van der Waals surface area contributed by atoms with Gasteiger partial charge in [0.25, 0.3) is 0 Å². The number of ether oxygens (including phenoxy) is 1. The number of benzene rings is 4. The molecule has 0 atom stereocenters. The van der Waals surface area contributed by atoms with Crippen molar-refractivity contribution in [2.75, 3.05) is 6.61 Å². The summed E-state index contributed by atoms with van der Waals surface area (Å²) in [4.78, 5) is 0. The van der Waals surface area contributed by atoms with Crippen molar-refractivity contribution in [2.24, 2.45) is 0 Å². The van der Waals surface area contributed by atoms with Crippen molar-refractivity contribution in [3.63, 3.8) is 0 Å². The summed E-state index contributed by atoms with van der Waals surface area (Å²) in [6.45, 7) is 4.64. The molecular weight excluding hydrogens is 457 g/mol. The smallest absolute Gasteiger partial charge is 0.167 e. The van der Waals surface area contributed by atoms with E-state index in [2.05, 4.69) is 6.92 Å². The molecule has 0 aromatic heterocycles. The Morgan fingerprint density at radius 3 is 1.89 bits per heavy atom. The molecule has 0 aliphatic heterocycles. The van der Waals surface area contributed by atoms with Crippen LogP contribution in [0.3, 0.4) is 0 Å². The molecule has 36 heavy (non-hydrogen) atoms. The summed E-state index contributed by atoms with van der Waals surface area (Å²) >= 11 is 0. The molecule has 0 spiro atoms. The third-order valence-corrected chi connectivity index (χ3v) is 6.11. The molecule has 4 rings (SSSR count). The maximum Gasteiger partial charge on any atom is 0.167 e. The van der Waals surface area contributed by atoms with Crippen LogP contribution in [0.1, 0.15) is 42.9 Å². The van der Waals surface area contributed by atoms with Crippen molar-refractivity contribution in [3.8, 4) is 28.0 Å². The van der Waals surface area contributed by atoms with E-state index in [0.717, 1.165) is 30.4 Å². The maximum atomic E-state index is 14.9. The van der Waals surface area contributed by atoms with Gasteiger partial charge in [-0.3, -0.25) is 0 Å². The molecule has 0 heterocycles. The zero-order chi connectivity index (χ0) is 25.5. The standard InChI is InChI=1S/C32H29F3O/c1-3-4-5-20-36-27-17-16-26(30(33)21-27)15-10-23-8-13-25(14-9-23)29-19-18-28(31(34)32(29)35)24-11-6-22(2)7-12-24/h6-19,21H,3-5,20H2,1-2H3/b15-10+. The Morgan fingerprint density at radius 1 is 0.694 bits per heavy atom. The van der Waals surface area contributed by atoms with Gasteiger partial charge in [-0.2, -0.15) is 0 Å². The van der Waals surface area contributed by atoms with Crippen LogP contribution >= 0.6 is 0 Å². The van der Waals surface area contributed by atoms with Crippen LogP contribution in [0.2, 0.25) is 0 Å². The van der Waals surface area contributed by atoms with Crippen molar-refractivity contribution < 1.29 is 17.9 Å². The minimum atomic E-state index is -0.879. The fourth-order valence-corrected chi connectivity index (χ4v) is 3.96. The molecule has 184 valence electrons. The second-order valence-electron chi connectivity index (χ2n) is 8.85. The lowest BCUT2D eigenvalue weighted by molar-refractivity contribution is 0.305. The minimum Gasteiger partial charge on any atom is -0.493 e. The number of hydrogen-bond donors (Lipinski definition) is 0. The predicted molar refractivity (Wildman–Crippen MR) is 142 cm³/mol. The molecule has 0 aliphatic rings. The van der Waals surface area contributed by atoms with Crippen LogP contribution < -0.4 is 4.74 Å². The van der Waals surface area contributed by atoms with Crippen molar-refractivity contribution >= 4 is 12.2 Å². The number of rotatable bonds is 9. The Morgan fingerprint density at radius 2 is 1.31 bits per heavy atom. The molecule has 4 aromatic rings. The summed E-state index contributed by atoms with van der Waals surface area (Å²) < 4.78 is 49.9. The molecule has 1 nitrogen and oxygen atoms in total. The Balaban J connectivity index is 1.47. The van der Waals surface area contributed by atoms with Crippen LogP contribution in [0.4, 0.5) is 13.2 Å². The van der Waals surface area contributed by atoms with Gasteiger partial charge in [0.2, 0.25) is 0 Å². The quantitative estimate of drug-likeness (QED) is 0.169. The maximum absolute atomic E-state index is 14.9. The highest BCUT2D eigenvalue weighted by atomic mass is 19.2. The van der Waals surface area contributed by atoms with Crippen LogP contribution in [0.5, 0.6) is 5.75 Å². The van der Waals surface area contributed by atoms with Gasteiger partial charge in [0.15, 0.2) is 11.6 Å². The Labute approximate surface area is 210 Å². The van der Waals surface area contributed by atoms with Crippen LogP contribution in [0.25, 0.3) is 34.4 Å². The molecule has 0 bridgehead atoms. The van der Waals surface area contributed by atoms with Gasteiger partial charge >= 0.3 is 0 Å². The topological polar surface area (TPSA) is 9.23 Å². The zero-order valence-electron chi connectivity index (χ0n) is 20.5. The fraction of sp³-hybridized carbons (Fsp3) is 0.188. The third-order valence-electron chi connectivity index (χ3n) is 6.11. The van der Waals surface area contributed by atoms with Crippen molar-refractivity contribution in [1.29, 1.82) is 0 Å². The number of aryl methyl sites for hydroxylation is 1. The number of unbranched alkanes of at least 4 members (excludes halogenated alkanes) is 2. The molecule has 0 amide bonds. The number of hydrogen-bond acceptors (Lipinski definition) is 1. The molecule has 0 saturated heterocycles. The highest BCUT2D eigenvalue weighted by Crippen LogP contribution is 2.32. The Hall–Kier alpha value is -3.79. The van der Waals surface area contributed by atoms with E-state index in [4.69, 9.17) is 4.74 Å². The van der Waals surface area contributed by atoms with Crippen molar-refractivity contribution in [1.82, 2.24) is 0 Å². The molecule has 0 radical (unpaired) electrons. The molecule has 0 saturated carbocycles. The van der Waals surface area contributed by atoms with E-state index in [-0.39, 0.29) is 16.9 Å². The molecule has 4 heteroatoms. The average molecular weight is 487 g/mol.